The van der Waals surface area contributed by atoms with Crippen molar-refractivity contribution in [2.24, 2.45) is 5.92 Å². The predicted molar refractivity (Wildman–Crippen MR) is 63.9 cm³/mol. The zero-order chi connectivity index (χ0) is 12.3. The zero-order valence-electron chi connectivity index (χ0n) is 10.0. The lowest BCUT2D eigenvalue weighted by Crippen LogP contribution is -2.47. The third-order valence-corrected chi connectivity index (χ3v) is 3.21. The lowest BCUT2D eigenvalue weighted by atomic mass is 10.0. The van der Waals surface area contributed by atoms with Crippen molar-refractivity contribution in [3.8, 4) is 0 Å². The first-order valence-electron chi connectivity index (χ1n) is 5.98. The van der Waals surface area contributed by atoms with Crippen LogP contribution in [-0.2, 0) is 6.42 Å². The second kappa shape index (κ2) is 5.56. The highest BCUT2D eigenvalue weighted by Crippen LogP contribution is 2.11. The molecule has 0 unspecified atom stereocenters. The summed E-state index contributed by atoms with van der Waals surface area (Å²) < 4.78 is 26.1. The van der Waals surface area contributed by atoms with Gasteiger partial charge in [-0.15, -0.1) is 0 Å². The van der Waals surface area contributed by atoms with Crippen LogP contribution in [0, 0.1) is 17.6 Å². The van der Waals surface area contributed by atoms with Crippen molar-refractivity contribution in [1.82, 2.24) is 10.2 Å². The first-order valence-corrected chi connectivity index (χ1v) is 5.98. The smallest absolute Gasteiger partial charge is 0.129 e. The Bertz CT molecular complexity index is 378. The first-order chi connectivity index (χ1) is 8.15. The number of hydrogen-bond donors (Lipinski definition) is 1. The van der Waals surface area contributed by atoms with Gasteiger partial charge in [0.2, 0.25) is 0 Å². The maximum atomic E-state index is 13.4. The molecule has 4 heteroatoms. The van der Waals surface area contributed by atoms with Crippen LogP contribution in [0.3, 0.4) is 0 Å². The van der Waals surface area contributed by atoms with Crippen LogP contribution in [0.4, 0.5) is 8.78 Å². The van der Waals surface area contributed by atoms with Crippen molar-refractivity contribution in [2.75, 3.05) is 33.2 Å². The molecule has 0 aliphatic carbocycles. The molecule has 1 N–H and O–H groups in total. The molecule has 0 saturated carbocycles. The average Bonchev–Trinajstić information content (AvgIpc) is 2.22. The fraction of sp³-hybridized carbons (Fsp3) is 0.538. The van der Waals surface area contributed by atoms with Gasteiger partial charge in [0.15, 0.2) is 0 Å². The third-order valence-electron chi connectivity index (χ3n) is 3.21. The van der Waals surface area contributed by atoms with Crippen LogP contribution in [0.15, 0.2) is 18.2 Å². The molecule has 1 saturated heterocycles. The van der Waals surface area contributed by atoms with Gasteiger partial charge in [0.1, 0.15) is 11.6 Å². The summed E-state index contributed by atoms with van der Waals surface area (Å²) in [5, 5.41) is 3.23. The van der Waals surface area contributed by atoms with E-state index in [1.807, 2.05) is 7.05 Å². The second-order valence-corrected chi connectivity index (χ2v) is 4.77. The molecule has 1 aromatic rings. The van der Waals surface area contributed by atoms with E-state index in [9.17, 15) is 8.78 Å². The molecular formula is C13H18F2N2. The minimum Gasteiger partial charge on any atom is -0.316 e. The van der Waals surface area contributed by atoms with E-state index in [2.05, 4.69) is 10.2 Å². The summed E-state index contributed by atoms with van der Waals surface area (Å²) >= 11 is 0. The van der Waals surface area contributed by atoms with Gasteiger partial charge in [-0.3, -0.25) is 0 Å². The molecule has 0 spiro atoms. The predicted octanol–water partition coefficient (Wildman–Crippen LogP) is 1.66. The second-order valence-electron chi connectivity index (χ2n) is 4.77. The largest absolute Gasteiger partial charge is 0.316 e. The molecule has 0 atom stereocenters. The average molecular weight is 240 g/mol. The summed E-state index contributed by atoms with van der Waals surface area (Å²) in [7, 11) is 2.04. The van der Waals surface area contributed by atoms with E-state index in [0.717, 1.165) is 38.2 Å². The van der Waals surface area contributed by atoms with E-state index >= 15 is 0 Å². The lowest BCUT2D eigenvalue weighted by molar-refractivity contribution is 0.225. The van der Waals surface area contributed by atoms with Gasteiger partial charge in [0.05, 0.1) is 0 Å². The number of likely N-dealkylation sites (N-methyl/N-ethyl adjacent to an activating group) is 1. The molecule has 0 bridgehead atoms. The Morgan fingerprint density at radius 2 is 2.12 bits per heavy atom. The lowest BCUT2D eigenvalue weighted by Gasteiger charge is -2.31. The molecule has 2 nitrogen and oxygen atoms in total. The molecule has 94 valence electrons. The van der Waals surface area contributed by atoms with Crippen LogP contribution in [0.2, 0.25) is 0 Å². The molecule has 0 aromatic heterocycles. The van der Waals surface area contributed by atoms with E-state index in [0.29, 0.717) is 12.0 Å². The minimum absolute atomic E-state index is 0.441. The fourth-order valence-corrected chi connectivity index (χ4v) is 2.05. The standard InChI is InChI=1S/C13H18F2N2/c1-17(9-10-7-16-8-10)5-4-11-2-3-12(14)6-13(11)15/h2-3,6,10,16H,4-5,7-9H2,1H3. The highest BCUT2D eigenvalue weighted by molar-refractivity contribution is 5.18. The van der Waals surface area contributed by atoms with E-state index in [-0.39, 0.29) is 0 Å². The Labute approximate surface area is 101 Å². The molecule has 0 radical (unpaired) electrons. The van der Waals surface area contributed by atoms with Crippen LogP contribution in [0.1, 0.15) is 5.56 Å². The summed E-state index contributed by atoms with van der Waals surface area (Å²) in [6.45, 7) is 4.00. The summed E-state index contributed by atoms with van der Waals surface area (Å²) in [6, 6.07) is 3.79. The molecule has 1 aliphatic heterocycles. The molecule has 0 amide bonds. The van der Waals surface area contributed by atoms with Gasteiger partial charge in [-0.2, -0.15) is 0 Å². The molecule has 1 aromatic carbocycles. The van der Waals surface area contributed by atoms with Crippen molar-refractivity contribution in [2.45, 2.75) is 6.42 Å². The van der Waals surface area contributed by atoms with Gasteiger partial charge in [0, 0.05) is 32.2 Å². The van der Waals surface area contributed by atoms with E-state index < -0.39 is 11.6 Å². The van der Waals surface area contributed by atoms with Crippen molar-refractivity contribution in [3.63, 3.8) is 0 Å². The number of nitrogens with zero attached hydrogens (tertiary/aromatic N) is 1. The Morgan fingerprint density at radius 1 is 1.35 bits per heavy atom. The quantitative estimate of drug-likeness (QED) is 0.842. The number of rotatable bonds is 5. The van der Waals surface area contributed by atoms with Gasteiger partial charge < -0.3 is 10.2 Å². The van der Waals surface area contributed by atoms with Crippen LogP contribution in [-0.4, -0.2) is 38.1 Å². The molecule has 2 rings (SSSR count). The summed E-state index contributed by atoms with van der Waals surface area (Å²) in [5.41, 5.74) is 0.588. The Kier molecular flexibility index (Phi) is 4.07. The normalized spacial score (nSPS) is 16.2. The molecular weight excluding hydrogens is 222 g/mol. The third kappa shape index (κ3) is 3.48. The summed E-state index contributed by atoms with van der Waals surface area (Å²) in [6.07, 6.45) is 0.628. The number of nitrogens with one attached hydrogen (secondary N) is 1. The van der Waals surface area contributed by atoms with Crippen molar-refractivity contribution >= 4 is 0 Å². The number of benzene rings is 1. The minimum atomic E-state index is -0.514. The molecule has 1 heterocycles. The first kappa shape index (κ1) is 12.5. The number of hydrogen-bond acceptors (Lipinski definition) is 2. The van der Waals surface area contributed by atoms with Gasteiger partial charge in [0.25, 0.3) is 0 Å². The van der Waals surface area contributed by atoms with Crippen molar-refractivity contribution in [3.05, 3.63) is 35.4 Å². The monoisotopic (exact) mass is 240 g/mol. The maximum Gasteiger partial charge on any atom is 0.129 e. The fourth-order valence-electron chi connectivity index (χ4n) is 2.05. The Hall–Kier alpha value is -1.00. The van der Waals surface area contributed by atoms with Crippen LogP contribution < -0.4 is 5.32 Å². The van der Waals surface area contributed by atoms with E-state index in [1.54, 1.807) is 0 Å². The van der Waals surface area contributed by atoms with Crippen molar-refractivity contribution < 1.29 is 8.78 Å². The van der Waals surface area contributed by atoms with Crippen LogP contribution in [0.5, 0.6) is 0 Å². The van der Waals surface area contributed by atoms with E-state index in [1.165, 1.54) is 12.1 Å². The molecule has 17 heavy (non-hydrogen) atoms. The SMILES string of the molecule is CN(CCc1ccc(F)cc1F)CC1CNC1. The van der Waals surface area contributed by atoms with Crippen LogP contribution >= 0.6 is 0 Å². The highest BCUT2D eigenvalue weighted by atomic mass is 19.1. The van der Waals surface area contributed by atoms with E-state index in [4.69, 9.17) is 0 Å². The highest BCUT2D eigenvalue weighted by Gasteiger charge is 2.18. The topological polar surface area (TPSA) is 15.3 Å². The summed E-state index contributed by atoms with van der Waals surface area (Å²) in [5.74, 6) is -0.234. The summed E-state index contributed by atoms with van der Waals surface area (Å²) in [4.78, 5) is 2.20. The number of halogens is 2. The van der Waals surface area contributed by atoms with Crippen molar-refractivity contribution in [1.29, 1.82) is 0 Å². The maximum absolute atomic E-state index is 13.4. The van der Waals surface area contributed by atoms with Crippen LogP contribution in [0.25, 0.3) is 0 Å². The van der Waals surface area contributed by atoms with Gasteiger partial charge >= 0.3 is 0 Å². The van der Waals surface area contributed by atoms with Gasteiger partial charge in [-0.25, -0.2) is 8.78 Å². The Balaban J connectivity index is 1.79. The Morgan fingerprint density at radius 3 is 2.71 bits per heavy atom. The van der Waals surface area contributed by atoms with Gasteiger partial charge in [-0.1, -0.05) is 6.07 Å². The molecule has 1 fully saturated rings. The zero-order valence-corrected chi connectivity index (χ0v) is 10.0. The molecule has 1 aliphatic rings. The van der Waals surface area contributed by atoms with Gasteiger partial charge in [-0.05, 0) is 31.0 Å².